The molecule has 2 aromatic rings. The van der Waals surface area contributed by atoms with Gasteiger partial charge in [0.05, 0.1) is 12.5 Å². The molecule has 4 rings (SSSR count). The van der Waals surface area contributed by atoms with Crippen LogP contribution in [0.15, 0.2) is 0 Å². The van der Waals surface area contributed by atoms with Crippen LogP contribution >= 0.6 is 0 Å². The summed E-state index contributed by atoms with van der Waals surface area (Å²) in [6, 6.07) is 0. The lowest BCUT2D eigenvalue weighted by molar-refractivity contribution is 0.00591. The third-order valence-electron chi connectivity index (χ3n) is 19.1. The number of benzene rings is 2. The Hall–Kier alpha value is -4.19. The zero-order valence-electron chi connectivity index (χ0n) is 56.7. The van der Waals surface area contributed by atoms with E-state index in [9.17, 15) is 14.4 Å². The van der Waals surface area contributed by atoms with E-state index in [0.717, 1.165) is 151 Å². The van der Waals surface area contributed by atoms with Crippen LogP contribution in [0.5, 0.6) is 23.0 Å². The zero-order valence-corrected chi connectivity index (χ0v) is 56.7. The molecule has 0 bridgehead atoms. The van der Waals surface area contributed by atoms with Gasteiger partial charge >= 0.3 is 18.5 Å². The lowest BCUT2D eigenvalue weighted by Crippen LogP contribution is -2.37. The van der Waals surface area contributed by atoms with Crippen molar-refractivity contribution in [1.82, 2.24) is 4.90 Å². The third-order valence-corrected chi connectivity index (χ3v) is 19.1. The van der Waals surface area contributed by atoms with Crippen LogP contribution in [-0.4, -0.2) is 80.6 Å². The molecule has 12 nitrogen and oxygen atoms in total. The Bertz CT molecular complexity index is 2180. The molecule has 6 atom stereocenters. The van der Waals surface area contributed by atoms with Gasteiger partial charge in [-0.1, -0.05) is 159 Å². The second-order valence-corrected chi connectivity index (χ2v) is 27.8. The number of hydrogen-bond donors (Lipinski definition) is 0. The highest BCUT2D eigenvalue weighted by molar-refractivity contribution is 5.70. The van der Waals surface area contributed by atoms with Crippen molar-refractivity contribution in [3.8, 4) is 23.0 Å². The van der Waals surface area contributed by atoms with E-state index < -0.39 is 24.4 Å². The average molecular weight is 1180 g/mol. The molecule has 0 radical (unpaired) electrons. The molecule has 2 aliphatic heterocycles. The Morgan fingerprint density at radius 1 is 0.452 bits per heavy atom. The van der Waals surface area contributed by atoms with Crippen LogP contribution in [0.25, 0.3) is 0 Å². The van der Waals surface area contributed by atoms with Crippen molar-refractivity contribution in [2.45, 2.75) is 284 Å². The van der Waals surface area contributed by atoms with E-state index in [-0.39, 0.29) is 37.6 Å². The molecule has 0 aliphatic carbocycles. The predicted octanol–water partition coefficient (Wildman–Crippen LogP) is 19.8. The van der Waals surface area contributed by atoms with E-state index in [1.54, 1.807) is 0 Å². The molecular formula is C72H121NO11. The zero-order chi connectivity index (χ0) is 62.1. The summed E-state index contributed by atoms with van der Waals surface area (Å²) in [6.07, 6.45) is 23.8. The number of nitrogens with zero attached hydrogens (tertiary/aromatic N) is 1. The van der Waals surface area contributed by atoms with E-state index in [4.69, 9.17) is 37.9 Å². The minimum Gasteiger partial charge on any atom is -0.487 e. The molecule has 2 heterocycles. The van der Waals surface area contributed by atoms with Gasteiger partial charge in [0, 0.05) is 17.7 Å². The summed E-state index contributed by atoms with van der Waals surface area (Å²) >= 11 is 0. The van der Waals surface area contributed by atoms with Crippen LogP contribution in [0.1, 0.15) is 262 Å². The Labute approximate surface area is 512 Å². The smallest absolute Gasteiger partial charge is 0.487 e. The van der Waals surface area contributed by atoms with Crippen molar-refractivity contribution >= 4 is 18.5 Å². The number of ether oxygens (including phenoxy) is 8. The molecule has 0 aromatic heterocycles. The molecule has 0 fully saturated rings. The first-order valence-electron chi connectivity index (χ1n) is 33.6. The number of carbonyl (C=O) groups excluding carboxylic acids is 3. The maximum Gasteiger partial charge on any atom is 0.513 e. The van der Waals surface area contributed by atoms with Crippen LogP contribution in [0, 0.1) is 83.0 Å². The van der Waals surface area contributed by atoms with E-state index in [1.165, 1.54) is 89.9 Å². The van der Waals surface area contributed by atoms with E-state index in [2.05, 4.69) is 88.0 Å². The Kier molecular flexibility index (Phi) is 31.2. The highest BCUT2D eigenvalue weighted by Gasteiger charge is 2.37. The highest BCUT2D eigenvalue weighted by atomic mass is 16.7. The lowest BCUT2D eigenvalue weighted by atomic mass is 9.83. The quantitative estimate of drug-likeness (QED) is 0.0275. The molecule has 84 heavy (non-hydrogen) atoms. The molecule has 0 amide bonds. The second kappa shape index (κ2) is 36.2. The summed E-state index contributed by atoms with van der Waals surface area (Å²) in [7, 11) is 0. The summed E-state index contributed by atoms with van der Waals surface area (Å²) in [6.45, 7) is 41.4. The number of hydrogen-bond acceptors (Lipinski definition) is 12. The molecule has 0 unspecified atom stereocenters. The molecule has 0 N–H and O–H groups in total. The fraction of sp³-hybridized carbons (Fsp3) is 0.792. The fourth-order valence-electron chi connectivity index (χ4n) is 12.8. The second-order valence-electron chi connectivity index (χ2n) is 27.8. The number of carbonyl (C=O) groups is 3. The maximum atomic E-state index is 13.6. The van der Waals surface area contributed by atoms with Crippen molar-refractivity contribution in [2.75, 3.05) is 46.1 Å². The summed E-state index contributed by atoms with van der Waals surface area (Å²) in [4.78, 5) is 42.3. The van der Waals surface area contributed by atoms with Crippen LogP contribution < -0.4 is 18.9 Å². The lowest BCUT2D eigenvalue weighted by Gasteiger charge is -2.38. The summed E-state index contributed by atoms with van der Waals surface area (Å²) in [5.74, 6) is 6.49. The van der Waals surface area contributed by atoms with Gasteiger partial charge in [-0.05, 0) is 195 Å². The van der Waals surface area contributed by atoms with Crippen LogP contribution in [0.2, 0.25) is 0 Å². The van der Waals surface area contributed by atoms with Gasteiger partial charge in [-0.3, -0.25) is 0 Å². The SMILES string of the molecule is CCN(CC)CCCOC(=O)OCC(COC(=O)Oc1c(C)c(C)c2c(c1C)CC[C@@](C)(CCC[C@H](C)CCC[C@H](C)CCCC(C)C)O2)COC(=O)Oc1c(C)c(C)c2c(c1C)CC[C@@](C)(CCC[C@H](C)CCC[C@H](C)CCCC(C)C)O2. The maximum absolute atomic E-state index is 13.6. The third kappa shape index (κ3) is 24.2. The van der Waals surface area contributed by atoms with Gasteiger partial charge in [0.15, 0.2) is 0 Å². The van der Waals surface area contributed by atoms with Gasteiger partial charge < -0.3 is 42.8 Å². The van der Waals surface area contributed by atoms with E-state index in [0.29, 0.717) is 29.8 Å². The Morgan fingerprint density at radius 3 is 1.15 bits per heavy atom. The van der Waals surface area contributed by atoms with Gasteiger partial charge in [-0.15, -0.1) is 0 Å². The first-order chi connectivity index (χ1) is 39.8. The molecular weight excluding hydrogens is 1050 g/mol. The minimum absolute atomic E-state index is 0.188. The Morgan fingerprint density at radius 2 is 0.798 bits per heavy atom. The first kappa shape index (κ1) is 72.3. The van der Waals surface area contributed by atoms with Crippen LogP contribution in [0.3, 0.4) is 0 Å². The van der Waals surface area contributed by atoms with Crippen LogP contribution in [0.4, 0.5) is 14.4 Å². The summed E-state index contributed by atoms with van der Waals surface area (Å²) < 4.78 is 48.1. The molecule has 0 saturated carbocycles. The molecule has 0 saturated heterocycles. The standard InChI is InChI=1S/C72H121NO11/c1-19-73(20-2)44-27-45-77-68(74)78-46-61(47-79-69(75)81-64-55(11)57(13)66-62(59(64)15)38-42-71(17,83-66)40-25-36-53(9)34-23-32-51(7)30-21-28-49(3)4)48-80-70(76)82-65-56(12)58(14)67-63(60(65)16)39-43-72(18,84-67)41-26-37-54(10)35-24-33-52(8)31-22-29-50(5)6/h49-54,61H,19-48H2,1-18H3/t51-,52-,53-,54-,71-,72-/m1/s1. The predicted molar refractivity (Wildman–Crippen MR) is 343 cm³/mol. The highest BCUT2D eigenvalue weighted by Crippen LogP contribution is 2.47. The van der Waals surface area contributed by atoms with Crippen molar-refractivity contribution in [2.24, 2.45) is 41.4 Å². The number of rotatable bonds is 38. The summed E-state index contributed by atoms with van der Waals surface area (Å²) in [5, 5.41) is 0. The van der Waals surface area contributed by atoms with Crippen LogP contribution in [-0.2, 0) is 31.8 Å². The van der Waals surface area contributed by atoms with E-state index in [1.807, 2.05) is 41.5 Å². The van der Waals surface area contributed by atoms with Crippen molar-refractivity contribution in [3.05, 3.63) is 44.5 Å². The van der Waals surface area contributed by atoms with Crippen molar-refractivity contribution in [3.63, 3.8) is 0 Å². The molecule has 0 spiro atoms. The number of fused-ring (bicyclic) bond motifs is 2. The largest absolute Gasteiger partial charge is 0.513 e. The van der Waals surface area contributed by atoms with Gasteiger partial charge in [0.1, 0.15) is 54.0 Å². The van der Waals surface area contributed by atoms with Crippen molar-refractivity contribution < 1.29 is 52.3 Å². The van der Waals surface area contributed by atoms with E-state index >= 15 is 0 Å². The van der Waals surface area contributed by atoms with Gasteiger partial charge in [0.2, 0.25) is 0 Å². The van der Waals surface area contributed by atoms with Crippen molar-refractivity contribution in [1.29, 1.82) is 0 Å². The van der Waals surface area contributed by atoms with Gasteiger partial charge in [0.25, 0.3) is 0 Å². The Balaban J connectivity index is 1.34. The topological polar surface area (TPSA) is 128 Å². The molecule has 2 aromatic carbocycles. The molecule has 12 heteroatoms. The monoisotopic (exact) mass is 1180 g/mol. The van der Waals surface area contributed by atoms with Gasteiger partial charge in [-0.25, -0.2) is 14.4 Å². The summed E-state index contributed by atoms with van der Waals surface area (Å²) in [5.41, 5.74) is 6.71. The average Bonchev–Trinajstić information content (AvgIpc) is 1.14. The fourth-order valence-corrected chi connectivity index (χ4v) is 12.8. The first-order valence-corrected chi connectivity index (χ1v) is 33.6. The normalized spacial score (nSPS) is 18.2. The molecule has 2 aliphatic rings. The minimum atomic E-state index is -0.921. The van der Waals surface area contributed by atoms with Gasteiger partial charge in [-0.2, -0.15) is 0 Å². The molecule has 480 valence electrons.